The molecule has 2 rings (SSSR count). The van der Waals surface area contributed by atoms with Crippen LogP contribution in [-0.4, -0.2) is 22.8 Å². The molecular formula is C11H17BrN2O. The van der Waals surface area contributed by atoms with Gasteiger partial charge in [0.05, 0.1) is 12.6 Å². The molecular weight excluding hydrogens is 256 g/mol. The maximum Gasteiger partial charge on any atom is 0.124 e. The summed E-state index contributed by atoms with van der Waals surface area (Å²) >= 11 is 3.45. The van der Waals surface area contributed by atoms with Gasteiger partial charge < -0.3 is 9.30 Å². The molecule has 15 heavy (non-hydrogen) atoms. The summed E-state index contributed by atoms with van der Waals surface area (Å²) in [6, 6.07) is 0.468. The zero-order valence-corrected chi connectivity index (χ0v) is 10.8. The molecule has 1 atom stereocenters. The smallest absolute Gasteiger partial charge is 0.124 e. The fourth-order valence-electron chi connectivity index (χ4n) is 2.04. The van der Waals surface area contributed by atoms with E-state index in [1.165, 1.54) is 6.42 Å². The van der Waals surface area contributed by atoms with E-state index in [0.717, 1.165) is 30.1 Å². The number of nitrogens with zero attached hydrogens (tertiary/aromatic N) is 2. The van der Waals surface area contributed by atoms with E-state index in [9.17, 15) is 0 Å². The summed E-state index contributed by atoms with van der Waals surface area (Å²) in [6.07, 6.45) is 4.43. The van der Waals surface area contributed by atoms with Gasteiger partial charge in [0.2, 0.25) is 0 Å². The molecule has 84 valence electrons. The van der Waals surface area contributed by atoms with Crippen molar-refractivity contribution in [1.82, 2.24) is 9.55 Å². The molecule has 1 aromatic rings. The molecule has 0 aliphatic carbocycles. The van der Waals surface area contributed by atoms with E-state index in [0.29, 0.717) is 12.0 Å². The summed E-state index contributed by atoms with van der Waals surface area (Å²) in [5.74, 6) is 1.61. The predicted molar refractivity (Wildman–Crippen MR) is 63.1 cm³/mol. The molecule has 0 saturated carbocycles. The molecule has 0 aromatic carbocycles. The zero-order valence-electron chi connectivity index (χ0n) is 9.24. The van der Waals surface area contributed by atoms with Gasteiger partial charge in [0.25, 0.3) is 0 Å². The first-order chi connectivity index (χ1) is 7.18. The van der Waals surface area contributed by atoms with Crippen molar-refractivity contribution in [3.8, 4) is 0 Å². The third-order valence-corrected chi connectivity index (χ3v) is 3.16. The molecule has 0 N–H and O–H groups in total. The van der Waals surface area contributed by atoms with Gasteiger partial charge in [-0.15, -0.1) is 0 Å². The number of rotatable bonds is 2. The van der Waals surface area contributed by atoms with Gasteiger partial charge in [0, 0.05) is 18.7 Å². The largest absolute Gasteiger partial charge is 0.379 e. The first-order valence-corrected chi connectivity index (χ1v) is 6.30. The molecule has 1 saturated heterocycles. The van der Waals surface area contributed by atoms with Gasteiger partial charge in [0.1, 0.15) is 10.4 Å². The maximum absolute atomic E-state index is 5.52. The van der Waals surface area contributed by atoms with E-state index in [1.54, 1.807) is 0 Å². The summed E-state index contributed by atoms with van der Waals surface area (Å²) in [5.41, 5.74) is 0. The third-order valence-electron chi connectivity index (χ3n) is 2.78. The van der Waals surface area contributed by atoms with Gasteiger partial charge in [-0.1, -0.05) is 13.8 Å². The Hall–Kier alpha value is -0.350. The lowest BCUT2D eigenvalue weighted by Gasteiger charge is -2.25. The lowest BCUT2D eigenvalue weighted by atomic mass is 10.1. The molecule has 3 nitrogen and oxygen atoms in total. The van der Waals surface area contributed by atoms with Gasteiger partial charge >= 0.3 is 0 Å². The fourth-order valence-corrected chi connectivity index (χ4v) is 2.44. The highest BCUT2D eigenvalue weighted by atomic mass is 79.9. The minimum absolute atomic E-state index is 0.457. The van der Waals surface area contributed by atoms with E-state index >= 15 is 0 Å². The Kier molecular flexibility index (Phi) is 3.46. The number of hydrogen-bond donors (Lipinski definition) is 0. The number of aromatic nitrogens is 2. The average Bonchev–Trinajstić information content (AvgIpc) is 2.62. The highest BCUT2D eigenvalue weighted by Crippen LogP contribution is 2.26. The lowest BCUT2D eigenvalue weighted by molar-refractivity contribution is 0.0579. The minimum Gasteiger partial charge on any atom is -0.379 e. The predicted octanol–water partition coefficient (Wildman–Crippen LogP) is 3.12. The second-order valence-electron chi connectivity index (χ2n) is 4.35. The lowest BCUT2D eigenvalue weighted by Crippen LogP contribution is -2.22. The number of ether oxygens (including phenoxy) is 1. The van der Waals surface area contributed by atoms with Crippen LogP contribution in [0, 0.1) is 0 Å². The second-order valence-corrected chi connectivity index (χ2v) is 5.17. The normalized spacial score (nSPS) is 22.3. The first-order valence-electron chi connectivity index (χ1n) is 5.50. The van der Waals surface area contributed by atoms with Gasteiger partial charge in [-0.05, 0) is 28.8 Å². The number of hydrogen-bond acceptors (Lipinski definition) is 2. The van der Waals surface area contributed by atoms with Crippen LogP contribution in [0.15, 0.2) is 10.8 Å². The van der Waals surface area contributed by atoms with Crippen molar-refractivity contribution >= 4 is 15.9 Å². The zero-order chi connectivity index (χ0) is 10.8. The van der Waals surface area contributed by atoms with Crippen LogP contribution >= 0.6 is 15.9 Å². The number of imidazole rings is 1. The van der Waals surface area contributed by atoms with Crippen LogP contribution in [0.3, 0.4) is 0 Å². The standard InChI is InChI=1S/C11H17BrN2O/c1-8(2)11-13-10(12)6-14(11)9-4-3-5-15-7-9/h6,8-9H,3-5,7H2,1-2H3. The van der Waals surface area contributed by atoms with Crippen LogP contribution in [0.2, 0.25) is 0 Å². The molecule has 0 amide bonds. The number of halogens is 1. The highest BCUT2D eigenvalue weighted by molar-refractivity contribution is 9.10. The van der Waals surface area contributed by atoms with Crippen LogP contribution in [0.25, 0.3) is 0 Å². The Labute approximate surface area is 99.0 Å². The summed E-state index contributed by atoms with van der Waals surface area (Å²) in [7, 11) is 0. The molecule has 0 spiro atoms. The van der Waals surface area contributed by atoms with Crippen LogP contribution in [0.5, 0.6) is 0 Å². The topological polar surface area (TPSA) is 27.1 Å². The van der Waals surface area contributed by atoms with E-state index in [4.69, 9.17) is 4.74 Å². The van der Waals surface area contributed by atoms with Crippen molar-refractivity contribution in [3.63, 3.8) is 0 Å². The molecule has 2 heterocycles. The Balaban J connectivity index is 2.25. The van der Waals surface area contributed by atoms with Crippen LogP contribution in [0.4, 0.5) is 0 Å². The van der Waals surface area contributed by atoms with Crippen LogP contribution in [0.1, 0.15) is 44.5 Å². The Morgan fingerprint density at radius 1 is 1.60 bits per heavy atom. The van der Waals surface area contributed by atoms with Crippen molar-refractivity contribution in [2.75, 3.05) is 13.2 Å². The molecule has 1 aliphatic rings. The van der Waals surface area contributed by atoms with E-state index in [1.807, 2.05) is 0 Å². The maximum atomic E-state index is 5.52. The van der Waals surface area contributed by atoms with Crippen molar-refractivity contribution in [2.24, 2.45) is 0 Å². The molecule has 0 radical (unpaired) electrons. The Morgan fingerprint density at radius 3 is 3.00 bits per heavy atom. The second kappa shape index (κ2) is 4.66. The van der Waals surface area contributed by atoms with E-state index in [-0.39, 0.29) is 0 Å². The third kappa shape index (κ3) is 2.42. The molecule has 1 unspecified atom stereocenters. The van der Waals surface area contributed by atoms with Gasteiger partial charge in [-0.3, -0.25) is 0 Å². The van der Waals surface area contributed by atoms with Gasteiger partial charge in [0.15, 0.2) is 0 Å². The van der Waals surface area contributed by atoms with Crippen molar-refractivity contribution in [2.45, 2.75) is 38.6 Å². The summed E-state index contributed by atoms with van der Waals surface area (Å²) in [4.78, 5) is 4.51. The monoisotopic (exact) mass is 272 g/mol. The van der Waals surface area contributed by atoms with Crippen molar-refractivity contribution < 1.29 is 4.74 Å². The SMILES string of the molecule is CC(C)c1nc(Br)cn1C1CCCOC1. The summed E-state index contributed by atoms with van der Waals surface area (Å²) < 4.78 is 8.72. The average molecular weight is 273 g/mol. The molecule has 1 aromatic heterocycles. The molecule has 1 aliphatic heterocycles. The van der Waals surface area contributed by atoms with Crippen molar-refractivity contribution in [3.05, 3.63) is 16.6 Å². The quantitative estimate of drug-likeness (QED) is 0.827. The Morgan fingerprint density at radius 2 is 2.40 bits per heavy atom. The summed E-state index contributed by atoms with van der Waals surface area (Å²) in [6.45, 7) is 6.08. The molecule has 1 fully saturated rings. The van der Waals surface area contributed by atoms with Crippen molar-refractivity contribution in [1.29, 1.82) is 0 Å². The molecule has 4 heteroatoms. The van der Waals surface area contributed by atoms with Gasteiger partial charge in [-0.2, -0.15) is 0 Å². The highest BCUT2D eigenvalue weighted by Gasteiger charge is 2.20. The van der Waals surface area contributed by atoms with Gasteiger partial charge in [-0.25, -0.2) is 4.98 Å². The minimum atomic E-state index is 0.457. The van der Waals surface area contributed by atoms with E-state index in [2.05, 4.69) is 45.5 Å². The Bertz CT molecular complexity index is 329. The first kappa shape index (κ1) is 11.1. The van der Waals surface area contributed by atoms with E-state index < -0.39 is 0 Å². The van der Waals surface area contributed by atoms with Crippen LogP contribution in [-0.2, 0) is 4.74 Å². The summed E-state index contributed by atoms with van der Waals surface area (Å²) in [5, 5.41) is 0. The fraction of sp³-hybridized carbons (Fsp3) is 0.727. The molecule has 0 bridgehead atoms. The van der Waals surface area contributed by atoms with Crippen LogP contribution < -0.4 is 0 Å².